The fraction of sp³-hybridized carbons (Fsp3) is 0.600. The van der Waals surface area contributed by atoms with Crippen LogP contribution < -0.4 is 4.90 Å². The van der Waals surface area contributed by atoms with Crippen LogP contribution in [0.3, 0.4) is 0 Å². The Bertz CT molecular complexity index is 275. The molecule has 0 atom stereocenters. The molecule has 0 radical (unpaired) electrons. The molecule has 4 nitrogen and oxygen atoms in total. The van der Waals surface area contributed by atoms with Crippen molar-refractivity contribution in [1.82, 2.24) is 15.1 Å². The lowest BCUT2D eigenvalue weighted by atomic mass is 10.3. The summed E-state index contributed by atoms with van der Waals surface area (Å²) >= 11 is 0. The van der Waals surface area contributed by atoms with Gasteiger partial charge in [-0.15, -0.1) is 0 Å². The highest BCUT2D eigenvalue weighted by Gasteiger charge is 2.12. The Morgan fingerprint density at radius 1 is 1.14 bits per heavy atom. The molecule has 0 unspecified atom stereocenters. The van der Waals surface area contributed by atoms with Crippen molar-refractivity contribution in [3.8, 4) is 0 Å². The van der Waals surface area contributed by atoms with Gasteiger partial charge in [0.1, 0.15) is 0 Å². The average molecular weight is 192 g/mol. The predicted octanol–water partition coefficient (Wildman–Crippen LogP) is 0.618. The molecule has 1 fully saturated rings. The predicted molar refractivity (Wildman–Crippen MR) is 56.4 cm³/mol. The van der Waals surface area contributed by atoms with Crippen LogP contribution in [-0.2, 0) is 0 Å². The second-order valence-electron chi connectivity index (χ2n) is 3.74. The minimum atomic E-state index is 1.09. The maximum absolute atomic E-state index is 3.90. The lowest BCUT2D eigenvalue weighted by molar-refractivity contribution is 0.360. The summed E-state index contributed by atoms with van der Waals surface area (Å²) < 4.78 is 0. The van der Waals surface area contributed by atoms with E-state index in [0.717, 1.165) is 19.6 Å². The maximum atomic E-state index is 3.90. The van der Waals surface area contributed by atoms with Gasteiger partial charge in [-0.1, -0.05) is 0 Å². The molecule has 2 rings (SSSR count). The van der Waals surface area contributed by atoms with E-state index in [0.29, 0.717) is 0 Å². The highest BCUT2D eigenvalue weighted by atomic mass is 15.2. The summed E-state index contributed by atoms with van der Waals surface area (Å²) in [4.78, 5) is 4.74. The van der Waals surface area contributed by atoms with E-state index in [9.17, 15) is 0 Å². The average Bonchev–Trinajstić information content (AvgIpc) is 2.44. The summed E-state index contributed by atoms with van der Waals surface area (Å²) in [5, 5.41) is 7.70. The smallest absolute Gasteiger partial charge is 0.0729 e. The first-order valence-corrected chi connectivity index (χ1v) is 5.06. The highest BCUT2D eigenvalue weighted by Crippen LogP contribution is 2.13. The van der Waals surface area contributed by atoms with Gasteiger partial charge >= 0.3 is 0 Å². The first-order chi connectivity index (χ1) is 6.86. The van der Waals surface area contributed by atoms with Gasteiger partial charge in [0, 0.05) is 19.6 Å². The monoisotopic (exact) mass is 192 g/mol. The van der Waals surface area contributed by atoms with Crippen molar-refractivity contribution in [2.24, 2.45) is 0 Å². The van der Waals surface area contributed by atoms with Crippen molar-refractivity contribution in [1.29, 1.82) is 0 Å². The molecule has 76 valence electrons. The third-order valence-electron chi connectivity index (χ3n) is 2.65. The molecular formula is C10H16N4. The Balaban J connectivity index is 2.04. The molecule has 1 aliphatic heterocycles. The van der Waals surface area contributed by atoms with Crippen molar-refractivity contribution < 1.29 is 0 Å². The molecule has 0 aliphatic carbocycles. The van der Waals surface area contributed by atoms with Crippen LogP contribution in [0.25, 0.3) is 0 Å². The lowest BCUT2D eigenvalue weighted by Crippen LogP contribution is -2.28. The van der Waals surface area contributed by atoms with Crippen molar-refractivity contribution in [3.05, 3.63) is 18.5 Å². The number of hydrogen-bond acceptors (Lipinski definition) is 4. The van der Waals surface area contributed by atoms with Gasteiger partial charge in [0.2, 0.25) is 0 Å². The zero-order chi connectivity index (χ0) is 9.80. The summed E-state index contributed by atoms with van der Waals surface area (Å²) in [6, 6.07) is 2.03. The van der Waals surface area contributed by atoms with Crippen molar-refractivity contribution in [3.63, 3.8) is 0 Å². The van der Waals surface area contributed by atoms with Crippen LogP contribution in [0.4, 0.5) is 5.69 Å². The molecule has 0 N–H and O–H groups in total. The second kappa shape index (κ2) is 4.37. The Morgan fingerprint density at radius 2 is 2.07 bits per heavy atom. The minimum Gasteiger partial charge on any atom is -0.369 e. The van der Waals surface area contributed by atoms with E-state index in [4.69, 9.17) is 0 Å². The summed E-state index contributed by atoms with van der Waals surface area (Å²) in [5.41, 5.74) is 1.19. The van der Waals surface area contributed by atoms with E-state index < -0.39 is 0 Å². The van der Waals surface area contributed by atoms with E-state index in [1.165, 1.54) is 18.7 Å². The molecule has 1 aromatic heterocycles. The minimum absolute atomic E-state index is 1.09. The van der Waals surface area contributed by atoms with Crippen LogP contribution >= 0.6 is 0 Å². The topological polar surface area (TPSA) is 32.3 Å². The van der Waals surface area contributed by atoms with Gasteiger partial charge in [0.25, 0.3) is 0 Å². The van der Waals surface area contributed by atoms with E-state index in [2.05, 4.69) is 27.0 Å². The van der Waals surface area contributed by atoms with Crippen LogP contribution in [0.2, 0.25) is 0 Å². The second-order valence-corrected chi connectivity index (χ2v) is 3.74. The third-order valence-corrected chi connectivity index (χ3v) is 2.65. The lowest BCUT2D eigenvalue weighted by Gasteiger charge is -2.21. The molecule has 1 aliphatic rings. The largest absolute Gasteiger partial charge is 0.369 e. The van der Waals surface area contributed by atoms with Gasteiger partial charge < -0.3 is 9.80 Å². The van der Waals surface area contributed by atoms with Gasteiger partial charge in [0.05, 0.1) is 18.1 Å². The first kappa shape index (κ1) is 9.40. The van der Waals surface area contributed by atoms with Crippen LogP contribution in [-0.4, -0.2) is 48.3 Å². The Labute approximate surface area is 84.5 Å². The molecule has 0 saturated carbocycles. The van der Waals surface area contributed by atoms with E-state index in [-0.39, 0.29) is 0 Å². The molecule has 0 aromatic carbocycles. The number of anilines is 1. The Morgan fingerprint density at radius 3 is 2.86 bits per heavy atom. The maximum Gasteiger partial charge on any atom is 0.0729 e. The van der Waals surface area contributed by atoms with Gasteiger partial charge in [-0.25, -0.2) is 0 Å². The van der Waals surface area contributed by atoms with Gasteiger partial charge in [-0.2, -0.15) is 10.2 Å². The Hall–Kier alpha value is -1.16. The third kappa shape index (κ3) is 2.20. The highest BCUT2D eigenvalue weighted by molar-refractivity contribution is 5.42. The van der Waals surface area contributed by atoms with Crippen molar-refractivity contribution in [2.45, 2.75) is 6.42 Å². The molecule has 14 heavy (non-hydrogen) atoms. The SMILES string of the molecule is CN1CCCN(c2ccnnc2)CC1. The molecule has 4 heteroatoms. The number of aromatic nitrogens is 2. The fourth-order valence-electron chi connectivity index (χ4n) is 1.78. The fourth-order valence-corrected chi connectivity index (χ4v) is 1.78. The van der Waals surface area contributed by atoms with E-state index in [1.807, 2.05) is 12.3 Å². The zero-order valence-electron chi connectivity index (χ0n) is 8.56. The molecule has 2 heterocycles. The van der Waals surface area contributed by atoms with Crippen LogP contribution in [0.5, 0.6) is 0 Å². The summed E-state index contributed by atoms with van der Waals surface area (Å²) in [6.45, 7) is 4.52. The molecular weight excluding hydrogens is 176 g/mol. The van der Waals surface area contributed by atoms with E-state index >= 15 is 0 Å². The van der Waals surface area contributed by atoms with Gasteiger partial charge in [0.15, 0.2) is 0 Å². The summed E-state index contributed by atoms with van der Waals surface area (Å²) in [6.07, 6.45) is 4.81. The van der Waals surface area contributed by atoms with Crippen LogP contribution in [0, 0.1) is 0 Å². The first-order valence-electron chi connectivity index (χ1n) is 5.06. The van der Waals surface area contributed by atoms with Crippen LogP contribution in [0.15, 0.2) is 18.5 Å². The number of likely N-dealkylation sites (N-methyl/N-ethyl adjacent to an activating group) is 1. The summed E-state index contributed by atoms with van der Waals surface area (Å²) in [5.74, 6) is 0. The zero-order valence-corrected chi connectivity index (χ0v) is 8.56. The normalized spacial score (nSPS) is 19.4. The van der Waals surface area contributed by atoms with Crippen molar-refractivity contribution in [2.75, 3.05) is 38.1 Å². The number of rotatable bonds is 1. The van der Waals surface area contributed by atoms with Gasteiger partial charge in [-0.05, 0) is 26.1 Å². The molecule has 1 saturated heterocycles. The quantitative estimate of drug-likeness (QED) is 0.653. The Kier molecular flexibility index (Phi) is 2.93. The molecule has 1 aromatic rings. The van der Waals surface area contributed by atoms with E-state index in [1.54, 1.807) is 6.20 Å². The standard InChI is InChI=1S/C10H16N4/c1-13-5-2-6-14(8-7-13)10-3-4-11-12-9-10/h3-4,9H,2,5-8H2,1H3. The number of nitrogens with zero attached hydrogens (tertiary/aromatic N) is 4. The molecule has 0 spiro atoms. The van der Waals surface area contributed by atoms with Crippen LogP contribution in [0.1, 0.15) is 6.42 Å². The van der Waals surface area contributed by atoms with Gasteiger partial charge in [-0.3, -0.25) is 0 Å². The summed E-state index contributed by atoms with van der Waals surface area (Å²) in [7, 11) is 2.17. The molecule has 0 bridgehead atoms. The molecule has 0 amide bonds. The number of hydrogen-bond donors (Lipinski definition) is 0. The van der Waals surface area contributed by atoms with Crippen molar-refractivity contribution >= 4 is 5.69 Å².